The summed E-state index contributed by atoms with van der Waals surface area (Å²) in [6.45, 7) is 0.533. The first-order valence-corrected chi connectivity index (χ1v) is 7.94. The monoisotopic (exact) mass is 354 g/mol. The van der Waals surface area contributed by atoms with Crippen molar-refractivity contribution >= 4 is 6.29 Å². The van der Waals surface area contributed by atoms with Gasteiger partial charge in [0.15, 0.2) is 6.29 Å². The summed E-state index contributed by atoms with van der Waals surface area (Å²) >= 11 is 0. The molecule has 0 aliphatic carbocycles. The van der Waals surface area contributed by atoms with Crippen molar-refractivity contribution in [3.63, 3.8) is 0 Å². The quantitative estimate of drug-likeness (QED) is 0.615. The van der Waals surface area contributed by atoms with Crippen molar-refractivity contribution in [2.24, 2.45) is 0 Å². The number of carbonyl (C=O) groups is 1. The number of ether oxygens (including phenoxy) is 1. The van der Waals surface area contributed by atoms with Crippen molar-refractivity contribution in [2.75, 3.05) is 0 Å². The van der Waals surface area contributed by atoms with E-state index < -0.39 is 6.61 Å². The summed E-state index contributed by atoms with van der Waals surface area (Å²) in [4.78, 5) is 19.7. The molecular weight excluding hydrogens is 338 g/mol. The second-order valence-corrected chi connectivity index (χ2v) is 5.70. The fourth-order valence-corrected chi connectivity index (χ4v) is 2.72. The van der Waals surface area contributed by atoms with Gasteiger partial charge in [-0.25, -0.2) is 9.97 Å². The van der Waals surface area contributed by atoms with Crippen LogP contribution in [0.25, 0.3) is 22.4 Å². The van der Waals surface area contributed by atoms with Crippen molar-refractivity contribution in [1.29, 1.82) is 0 Å². The number of carbonyl (C=O) groups excluding carboxylic acids is 1. The summed E-state index contributed by atoms with van der Waals surface area (Å²) in [5.41, 5.74) is 3.95. The van der Waals surface area contributed by atoms with Crippen molar-refractivity contribution in [1.82, 2.24) is 9.97 Å². The van der Waals surface area contributed by atoms with E-state index in [9.17, 15) is 13.6 Å². The smallest absolute Gasteiger partial charge is 0.387 e. The van der Waals surface area contributed by atoms with E-state index in [1.165, 1.54) is 6.07 Å². The van der Waals surface area contributed by atoms with Crippen LogP contribution in [0.2, 0.25) is 0 Å². The maximum atomic E-state index is 12.8. The molecule has 0 amide bonds. The van der Waals surface area contributed by atoms with Crippen LogP contribution in [0.15, 0.2) is 48.5 Å². The zero-order valence-electron chi connectivity index (χ0n) is 14.2. The van der Waals surface area contributed by atoms with Gasteiger partial charge in [0.2, 0.25) is 0 Å². The molecule has 3 rings (SSSR count). The predicted molar refractivity (Wildman–Crippen MR) is 94.4 cm³/mol. The Kier molecular flexibility index (Phi) is 5.02. The fourth-order valence-electron chi connectivity index (χ4n) is 2.72. The summed E-state index contributed by atoms with van der Waals surface area (Å²) in [5, 5.41) is 0. The Morgan fingerprint density at radius 2 is 1.69 bits per heavy atom. The third-order valence-electron chi connectivity index (χ3n) is 3.95. The Morgan fingerprint density at radius 3 is 2.35 bits per heavy atom. The van der Waals surface area contributed by atoms with Gasteiger partial charge in [-0.05, 0) is 37.6 Å². The summed E-state index contributed by atoms with van der Waals surface area (Å²) in [6, 6.07) is 14.0. The van der Waals surface area contributed by atoms with E-state index >= 15 is 0 Å². The van der Waals surface area contributed by atoms with Crippen LogP contribution < -0.4 is 4.74 Å². The van der Waals surface area contributed by atoms with E-state index in [0.29, 0.717) is 34.5 Å². The van der Waals surface area contributed by atoms with Gasteiger partial charge in [-0.15, -0.1) is 0 Å². The molecule has 26 heavy (non-hydrogen) atoms. The van der Waals surface area contributed by atoms with E-state index in [4.69, 9.17) is 0 Å². The van der Waals surface area contributed by atoms with Crippen LogP contribution in [0.4, 0.5) is 8.78 Å². The molecule has 0 fully saturated rings. The molecule has 0 aliphatic rings. The number of halogens is 2. The number of hydrogen-bond donors (Lipinski definition) is 0. The highest BCUT2D eigenvalue weighted by Crippen LogP contribution is 2.35. The number of alkyl halides is 2. The molecule has 0 saturated carbocycles. The lowest BCUT2D eigenvalue weighted by Crippen LogP contribution is -2.04. The molecule has 4 nitrogen and oxygen atoms in total. The molecule has 3 aromatic rings. The Balaban J connectivity index is 2.16. The van der Waals surface area contributed by atoms with Crippen LogP contribution in [0.1, 0.15) is 21.9 Å². The molecule has 0 unspecified atom stereocenters. The van der Waals surface area contributed by atoms with Crippen molar-refractivity contribution in [2.45, 2.75) is 20.5 Å². The highest BCUT2D eigenvalue weighted by molar-refractivity contribution is 5.79. The van der Waals surface area contributed by atoms with Crippen molar-refractivity contribution < 1.29 is 18.3 Å². The van der Waals surface area contributed by atoms with Gasteiger partial charge in [-0.1, -0.05) is 30.3 Å². The average Bonchev–Trinajstić information content (AvgIpc) is 2.64. The summed E-state index contributed by atoms with van der Waals surface area (Å²) in [5.74, 6) is 0.0850. The lowest BCUT2D eigenvalue weighted by atomic mass is 9.99. The Bertz CT molecular complexity index is 944. The van der Waals surface area contributed by atoms with Crippen LogP contribution in [0, 0.1) is 13.8 Å². The second-order valence-electron chi connectivity index (χ2n) is 5.70. The third kappa shape index (κ3) is 3.59. The maximum Gasteiger partial charge on any atom is 0.387 e. The summed E-state index contributed by atoms with van der Waals surface area (Å²) in [7, 11) is 0. The molecule has 6 heteroatoms. The molecule has 2 aromatic carbocycles. The van der Waals surface area contributed by atoms with Gasteiger partial charge in [0.25, 0.3) is 0 Å². The molecule has 1 aromatic heterocycles. The minimum atomic E-state index is -2.92. The van der Waals surface area contributed by atoms with E-state index in [1.54, 1.807) is 26.0 Å². The standard InChI is InChI=1S/C20H16F2N2O2/c1-12-17(11-25)23-13(2)19(24-12)15-8-9-18(26-20(21)22)16(10-15)14-6-4-3-5-7-14/h3-11,20H,1-2H3. The Labute approximate surface area is 149 Å². The van der Waals surface area contributed by atoms with Gasteiger partial charge < -0.3 is 4.74 Å². The van der Waals surface area contributed by atoms with Crippen molar-refractivity contribution in [3.05, 3.63) is 65.6 Å². The molecule has 0 N–H and O–H groups in total. The SMILES string of the molecule is Cc1nc(-c2ccc(OC(F)F)c(-c3ccccc3)c2)c(C)nc1C=O. The average molecular weight is 354 g/mol. The number of aldehydes is 1. The number of benzene rings is 2. The highest BCUT2D eigenvalue weighted by Gasteiger charge is 2.15. The number of rotatable bonds is 5. The first kappa shape index (κ1) is 17.7. The van der Waals surface area contributed by atoms with Gasteiger partial charge >= 0.3 is 6.61 Å². The molecule has 0 spiro atoms. The van der Waals surface area contributed by atoms with Crippen LogP contribution in [0.5, 0.6) is 5.75 Å². The first-order valence-electron chi connectivity index (χ1n) is 7.94. The van der Waals surface area contributed by atoms with E-state index in [0.717, 1.165) is 5.56 Å². The molecule has 0 bridgehead atoms. The molecular formula is C20H16F2N2O2. The molecule has 0 atom stereocenters. The van der Waals surface area contributed by atoms with Crippen LogP contribution in [-0.2, 0) is 0 Å². The maximum absolute atomic E-state index is 12.8. The lowest BCUT2D eigenvalue weighted by Gasteiger charge is -2.14. The Hall–Kier alpha value is -3.15. The normalized spacial score (nSPS) is 10.8. The number of aromatic nitrogens is 2. The van der Waals surface area contributed by atoms with Gasteiger partial charge in [-0.2, -0.15) is 8.78 Å². The zero-order valence-corrected chi connectivity index (χ0v) is 14.2. The van der Waals surface area contributed by atoms with E-state index in [-0.39, 0.29) is 11.4 Å². The minimum absolute atomic E-state index is 0.0850. The number of aryl methyl sites for hydroxylation is 2. The second kappa shape index (κ2) is 7.39. The number of nitrogens with zero attached hydrogens (tertiary/aromatic N) is 2. The molecule has 0 radical (unpaired) electrons. The summed E-state index contributed by atoms with van der Waals surface area (Å²) in [6.07, 6.45) is 0.661. The minimum Gasteiger partial charge on any atom is -0.434 e. The van der Waals surface area contributed by atoms with Gasteiger partial charge in [0, 0.05) is 11.1 Å². The first-order chi connectivity index (χ1) is 12.5. The van der Waals surface area contributed by atoms with Gasteiger partial charge in [-0.3, -0.25) is 4.79 Å². The van der Waals surface area contributed by atoms with E-state index in [2.05, 4.69) is 14.7 Å². The Morgan fingerprint density at radius 1 is 0.962 bits per heavy atom. The van der Waals surface area contributed by atoms with Crippen LogP contribution in [0.3, 0.4) is 0 Å². The topological polar surface area (TPSA) is 52.1 Å². The fraction of sp³-hybridized carbons (Fsp3) is 0.150. The molecule has 0 aliphatic heterocycles. The van der Waals surface area contributed by atoms with Crippen LogP contribution >= 0.6 is 0 Å². The van der Waals surface area contributed by atoms with Gasteiger partial charge in [0.05, 0.1) is 17.1 Å². The largest absolute Gasteiger partial charge is 0.434 e. The van der Waals surface area contributed by atoms with Crippen molar-refractivity contribution in [3.8, 4) is 28.1 Å². The molecule has 0 saturated heterocycles. The highest BCUT2D eigenvalue weighted by atomic mass is 19.3. The lowest BCUT2D eigenvalue weighted by molar-refractivity contribution is -0.0494. The van der Waals surface area contributed by atoms with Gasteiger partial charge in [0.1, 0.15) is 11.4 Å². The predicted octanol–water partition coefficient (Wildman–Crippen LogP) is 4.84. The van der Waals surface area contributed by atoms with Crippen LogP contribution in [-0.4, -0.2) is 22.9 Å². The number of hydrogen-bond acceptors (Lipinski definition) is 4. The van der Waals surface area contributed by atoms with E-state index in [1.807, 2.05) is 30.3 Å². The zero-order chi connectivity index (χ0) is 18.7. The molecule has 1 heterocycles. The summed E-state index contributed by atoms with van der Waals surface area (Å²) < 4.78 is 30.2. The molecule has 132 valence electrons. The third-order valence-corrected chi connectivity index (χ3v) is 3.95.